The van der Waals surface area contributed by atoms with Gasteiger partial charge in [-0.05, 0) is 37.6 Å². The minimum atomic E-state index is -0.762. The first-order chi connectivity index (χ1) is 10.9. The molecule has 0 atom stereocenters. The highest BCUT2D eigenvalue weighted by Crippen LogP contribution is 2.26. The number of pyridine rings is 1. The lowest BCUT2D eigenvalue weighted by Gasteiger charge is -2.14. The highest BCUT2D eigenvalue weighted by atomic mass is 19.1. The van der Waals surface area contributed by atoms with E-state index in [4.69, 9.17) is 10.5 Å². The molecular formula is C16H19FN4O2. The van der Waals surface area contributed by atoms with Crippen molar-refractivity contribution in [3.63, 3.8) is 0 Å². The summed E-state index contributed by atoms with van der Waals surface area (Å²) >= 11 is 0. The summed E-state index contributed by atoms with van der Waals surface area (Å²) in [6.45, 7) is 4.23. The van der Waals surface area contributed by atoms with Gasteiger partial charge in [-0.25, -0.2) is 9.37 Å². The number of ether oxygens (including phenoxy) is 1. The topological polar surface area (TPSA) is 89.3 Å². The molecule has 23 heavy (non-hydrogen) atoms. The van der Waals surface area contributed by atoms with Crippen LogP contribution in [0.2, 0.25) is 0 Å². The molecule has 0 fully saturated rings. The van der Waals surface area contributed by atoms with Crippen LogP contribution in [0.25, 0.3) is 0 Å². The van der Waals surface area contributed by atoms with E-state index >= 15 is 0 Å². The number of hydrogen-bond acceptors (Lipinski definition) is 5. The number of carbonyl (C=O) groups excluding carboxylic acids is 1. The van der Waals surface area contributed by atoms with Gasteiger partial charge in [0.25, 0.3) is 5.91 Å². The average molecular weight is 318 g/mol. The normalized spacial score (nSPS) is 10.3. The molecule has 0 bridgehead atoms. The van der Waals surface area contributed by atoms with Crippen LogP contribution >= 0.6 is 0 Å². The monoisotopic (exact) mass is 318 g/mol. The Hall–Kier alpha value is -2.83. The zero-order valence-electron chi connectivity index (χ0n) is 13.2. The third-order valence-electron chi connectivity index (χ3n) is 3.13. The first-order valence-electron chi connectivity index (χ1n) is 7.11. The predicted molar refractivity (Wildman–Crippen MR) is 87.9 cm³/mol. The van der Waals surface area contributed by atoms with Crippen LogP contribution in [0.1, 0.15) is 22.8 Å². The quantitative estimate of drug-likeness (QED) is 0.762. The molecule has 0 aliphatic carbocycles. The number of carbonyl (C=O) groups is 1. The highest BCUT2D eigenvalue weighted by Gasteiger charge is 2.16. The first-order valence-corrected chi connectivity index (χ1v) is 7.11. The maximum atomic E-state index is 13.9. The molecule has 1 aromatic heterocycles. The summed E-state index contributed by atoms with van der Waals surface area (Å²) in [7, 11) is 1.56. The van der Waals surface area contributed by atoms with Gasteiger partial charge in [0.2, 0.25) is 0 Å². The van der Waals surface area contributed by atoms with Crippen LogP contribution in [0.3, 0.4) is 0 Å². The van der Waals surface area contributed by atoms with Crippen molar-refractivity contribution in [2.24, 2.45) is 5.73 Å². The number of benzene rings is 1. The zero-order chi connectivity index (χ0) is 17.0. The minimum Gasteiger partial charge on any atom is -0.497 e. The van der Waals surface area contributed by atoms with E-state index in [-0.39, 0.29) is 17.2 Å². The number of primary amides is 1. The van der Waals surface area contributed by atoms with E-state index < -0.39 is 11.7 Å². The van der Waals surface area contributed by atoms with Crippen LogP contribution in [0.5, 0.6) is 5.75 Å². The molecule has 6 nitrogen and oxygen atoms in total. The molecule has 1 aromatic carbocycles. The number of halogens is 1. The number of aryl methyl sites for hydroxylation is 1. The predicted octanol–water partition coefficient (Wildman–Crippen LogP) is 2.81. The van der Waals surface area contributed by atoms with Crippen molar-refractivity contribution in [3.8, 4) is 5.75 Å². The molecule has 122 valence electrons. The van der Waals surface area contributed by atoms with Crippen molar-refractivity contribution >= 4 is 23.2 Å². The van der Waals surface area contributed by atoms with Crippen molar-refractivity contribution in [1.29, 1.82) is 0 Å². The molecule has 4 N–H and O–H groups in total. The van der Waals surface area contributed by atoms with Crippen LogP contribution in [0, 0.1) is 12.7 Å². The first kappa shape index (κ1) is 16.5. The summed E-state index contributed by atoms with van der Waals surface area (Å²) in [5.74, 6) is -0.501. The van der Waals surface area contributed by atoms with E-state index in [1.54, 1.807) is 13.2 Å². The Morgan fingerprint density at radius 2 is 2.04 bits per heavy atom. The molecule has 0 saturated carbocycles. The largest absolute Gasteiger partial charge is 0.497 e. The Morgan fingerprint density at radius 3 is 2.65 bits per heavy atom. The summed E-state index contributed by atoms with van der Waals surface area (Å²) in [6, 6.07) is 6.53. The number of hydrogen-bond donors (Lipinski definition) is 3. The fourth-order valence-corrected chi connectivity index (χ4v) is 2.14. The maximum absolute atomic E-state index is 13.9. The van der Waals surface area contributed by atoms with Crippen molar-refractivity contribution < 1.29 is 13.9 Å². The summed E-state index contributed by atoms with van der Waals surface area (Å²) in [6.07, 6.45) is 0. The molecule has 7 heteroatoms. The van der Waals surface area contributed by atoms with E-state index in [0.717, 1.165) is 11.6 Å². The molecule has 0 saturated heterocycles. The van der Waals surface area contributed by atoms with Crippen LogP contribution in [-0.4, -0.2) is 24.5 Å². The molecule has 0 spiro atoms. The number of aromatic nitrogens is 1. The number of nitrogens with two attached hydrogens (primary N) is 1. The van der Waals surface area contributed by atoms with Gasteiger partial charge in [-0.3, -0.25) is 4.79 Å². The summed E-state index contributed by atoms with van der Waals surface area (Å²) in [5, 5.41) is 5.80. The number of nitrogens with one attached hydrogen (secondary N) is 2. The Balaban J connectivity index is 2.46. The van der Waals surface area contributed by atoms with Gasteiger partial charge in [-0.15, -0.1) is 0 Å². The van der Waals surface area contributed by atoms with Crippen molar-refractivity contribution in [2.75, 3.05) is 24.3 Å². The molecule has 2 rings (SSSR count). The average Bonchev–Trinajstić information content (AvgIpc) is 2.49. The van der Waals surface area contributed by atoms with Crippen LogP contribution in [0.15, 0.2) is 24.3 Å². The van der Waals surface area contributed by atoms with Gasteiger partial charge >= 0.3 is 0 Å². The standard InChI is InChI=1S/C16H19FN4O2/c1-4-19-16-13(17)8-12(14(18)22)15(21-16)20-10-5-9(2)6-11(7-10)23-3/h5-8H,4H2,1-3H3,(H2,18,22)(H2,19,20,21). The third kappa shape index (κ3) is 3.88. The minimum absolute atomic E-state index is 0.0235. The van der Waals surface area contributed by atoms with Crippen LogP contribution < -0.4 is 21.1 Å². The molecule has 1 amide bonds. The maximum Gasteiger partial charge on any atom is 0.252 e. The summed E-state index contributed by atoms with van der Waals surface area (Å²) in [5.41, 5.74) is 6.91. The molecule has 0 aliphatic heterocycles. The number of methoxy groups -OCH3 is 1. The lowest BCUT2D eigenvalue weighted by atomic mass is 10.2. The van der Waals surface area contributed by atoms with Crippen molar-refractivity contribution in [2.45, 2.75) is 13.8 Å². The fourth-order valence-electron chi connectivity index (χ4n) is 2.14. The Labute approximate surface area is 133 Å². The van der Waals surface area contributed by atoms with Crippen LogP contribution in [0.4, 0.5) is 21.7 Å². The molecule has 0 radical (unpaired) electrons. The molecule has 1 heterocycles. The van der Waals surface area contributed by atoms with Gasteiger partial charge < -0.3 is 21.1 Å². The lowest BCUT2D eigenvalue weighted by molar-refractivity contribution is 0.100. The zero-order valence-corrected chi connectivity index (χ0v) is 13.2. The molecule has 0 aliphatic rings. The van der Waals surface area contributed by atoms with Gasteiger partial charge in [0.05, 0.1) is 12.7 Å². The summed E-state index contributed by atoms with van der Waals surface area (Å²) < 4.78 is 19.1. The van der Waals surface area contributed by atoms with Gasteiger partial charge in [-0.2, -0.15) is 0 Å². The fraction of sp³-hybridized carbons (Fsp3) is 0.250. The number of nitrogens with zero attached hydrogens (tertiary/aromatic N) is 1. The third-order valence-corrected chi connectivity index (χ3v) is 3.13. The second kappa shape index (κ2) is 6.95. The second-order valence-electron chi connectivity index (χ2n) is 4.97. The molecule has 2 aromatic rings. The van der Waals surface area contributed by atoms with E-state index in [2.05, 4.69) is 15.6 Å². The number of amides is 1. The Kier molecular flexibility index (Phi) is 5.00. The van der Waals surface area contributed by atoms with Gasteiger partial charge in [-0.1, -0.05) is 0 Å². The van der Waals surface area contributed by atoms with Crippen molar-refractivity contribution in [1.82, 2.24) is 4.98 Å². The smallest absolute Gasteiger partial charge is 0.252 e. The van der Waals surface area contributed by atoms with Gasteiger partial charge in [0, 0.05) is 18.3 Å². The number of anilines is 3. The van der Waals surface area contributed by atoms with Gasteiger partial charge in [0.15, 0.2) is 11.6 Å². The van der Waals surface area contributed by atoms with Gasteiger partial charge in [0.1, 0.15) is 11.6 Å². The van der Waals surface area contributed by atoms with E-state index in [9.17, 15) is 9.18 Å². The van der Waals surface area contributed by atoms with Crippen molar-refractivity contribution in [3.05, 3.63) is 41.2 Å². The van der Waals surface area contributed by atoms with E-state index in [0.29, 0.717) is 18.0 Å². The second-order valence-corrected chi connectivity index (χ2v) is 4.97. The van der Waals surface area contributed by atoms with E-state index in [1.807, 2.05) is 26.0 Å². The van der Waals surface area contributed by atoms with Crippen LogP contribution in [-0.2, 0) is 0 Å². The van der Waals surface area contributed by atoms with E-state index in [1.165, 1.54) is 0 Å². The summed E-state index contributed by atoms with van der Waals surface area (Å²) in [4.78, 5) is 15.7. The molecule has 0 unspecified atom stereocenters. The number of rotatable bonds is 6. The Morgan fingerprint density at radius 1 is 1.30 bits per heavy atom. The lowest BCUT2D eigenvalue weighted by Crippen LogP contribution is -2.16. The Bertz CT molecular complexity index is 734. The SMILES string of the molecule is CCNc1nc(Nc2cc(C)cc(OC)c2)c(C(N)=O)cc1F. The molecular weight excluding hydrogens is 299 g/mol. The highest BCUT2D eigenvalue weighted by molar-refractivity contribution is 5.98.